The highest BCUT2D eigenvalue weighted by atomic mass is 16.7. The van der Waals surface area contributed by atoms with Crippen LogP contribution in [0.1, 0.15) is 47.0 Å². The number of carbonyl (C=O) groups is 2. The number of aliphatic hydroxyl groups is 3. The Hall–Kier alpha value is -2.16. The minimum Gasteiger partial charge on any atom is -0.458 e. The van der Waals surface area contributed by atoms with Crippen molar-refractivity contribution < 1.29 is 39.1 Å². The first-order chi connectivity index (χ1) is 15.1. The van der Waals surface area contributed by atoms with Crippen LogP contribution >= 0.6 is 0 Å². The first-order valence-electron chi connectivity index (χ1n) is 11.2. The summed E-state index contributed by atoms with van der Waals surface area (Å²) in [5.41, 5.74) is 0.844. The number of esters is 1. The van der Waals surface area contributed by atoms with E-state index in [9.17, 15) is 19.8 Å². The molecule has 0 radical (unpaired) electrons. The topological polar surface area (TPSA) is 123 Å². The number of ether oxygens (including phenoxy) is 3. The van der Waals surface area contributed by atoms with E-state index in [1.165, 1.54) is 0 Å². The summed E-state index contributed by atoms with van der Waals surface area (Å²) < 4.78 is 15.6. The largest absolute Gasteiger partial charge is 0.508 e. The van der Waals surface area contributed by atoms with Gasteiger partial charge < -0.3 is 29.5 Å². The molecule has 2 aliphatic carbocycles. The van der Waals surface area contributed by atoms with Crippen LogP contribution < -0.4 is 0 Å². The summed E-state index contributed by atoms with van der Waals surface area (Å²) in [4.78, 5) is 24.4. The molecule has 1 aliphatic heterocycles. The second kappa shape index (κ2) is 9.77. The van der Waals surface area contributed by atoms with Crippen molar-refractivity contribution in [3.63, 3.8) is 0 Å². The van der Waals surface area contributed by atoms with E-state index in [1.807, 2.05) is 39.0 Å². The van der Waals surface area contributed by atoms with Gasteiger partial charge in [-0.2, -0.15) is 0 Å². The molecule has 0 fully saturated rings. The molecule has 5 unspecified atom stereocenters. The van der Waals surface area contributed by atoms with Crippen molar-refractivity contribution in [1.29, 1.82) is 0 Å². The van der Waals surface area contributed by atoms with E-state index in [1.54, 1.807) is 6.92 Å². The molecule has 3 aliphatic rings. The molecule has 0 aromatic heterocycles. The molecule has 0 amide bonds. The van der Waals surface area contributed by atoms with Gasteiger partial charge in [-0.3, -0.25) is 4.79 Å². The SMILES string of the molecule is C/C1=C\C(C)C(C(C)OC(=O)OCCO)OC(=O)CCC2C=CC3=C([C@H](O)[C@@H](C)C3)C12O. The number of aliphatic hydroxyl groups excluding tert-OH is 2. The maximum Gasteiger partial charge on any atom is 0.508 e. The lowest BCUT2D eigenvalue weighted by atomic mass is 9.68. The van der Waals surface area contributed by atoms with Gasteiger partial charge in [0.25, 0.3) is 0 Å². The van der Waals surface area contributed by atoms with Crippen molar-refractivity contribution in [3.8, 4) is 0 Å². The van der Waals surface area contributed by atoms with E-state index in [0.29, 0.717) is 24.0 Å². The maximum absolute atomic E-state index is 12.6. The lowest BCUT2D eigenvalue weighted by Crippen LogP contribution is -2.47. The summed E-state index contributed by atoms with van der Waals surface area (Å²) in [5, 5.41) is 31.7. The van der Waals surface area contributed by atoms with Crippen molar-refractivity contribution >= 4 is 12.1 Å². The van der Waals surface area contributed by atoms with Crippen LogP contribution in [0, 0.1) is 17.8 Å². The summed E-state index contributed by atoms with van der Waals surface area (Å²) in [7, 11) is 0. The minimum atomic E-state index is -1.39. The summed E-state index contributed by atoms with van der Waals surface area (Å²) in [6.45, 7) is 6.70. The smallest absolute Gasteiger partial charge is 0.458 e. The fraction of sp³-hybridized carbons (Fsp3) is 0.667. The molecule has 7 atom stereocenters. The molecule has 3 rings (SSSR count). The van der Waals surface area contributed by atoms with Crippen LogP contribution in [0.25, 0.3) is 0 Å². The van der Waals surface area contributed by atoms with Crippen LogP contribution in [0.3, 0.4) is 0 Å². The van der Waals surface area contributed by atoms with Crippen LogP contribution in [0.5, 0.6) is 0 Å². The lowest BCUT2D eigenvalue weighted by molar-refractivity contribution is -0.159. The predicted octanol–water partition coefficient (Wildman–Crippen LogP) is 2.42. The average Bonchev–Trinajstić information content (AvgIpc) is 3.03. The van der Waals surface area contributed by atoms with Crippen LogP contribution in [0.2, 0.25) is 0 Å². The summed E-state index contributed by atoms with van der Waals surface area (Å²) in [5.74, 6) is -1.21. The zero-order valence-electron chi connectivity index (χ0n) is 19.1. The van der Waals surface area contributed by atoms with Crippen molar-refractivity contribution in [2.24, 2.45) is 17.8 Å². The molecular weight excluding hydrogens is 416 g/mol. The normalized spacial score (nSPS) is 37.5. The van der Waals surface area contributed by atoms with Crippen LogP contribution in [0.4, 0.5) is 4.79 Å². The third-order valence-corrected chi connectivity index (χ3v) is 6.81. The molecular formula is C24H34O8. The standard InChI is InChI=1S/C24H34O8/c1-13-12-17-5-6-18-7-8-19(26)32-22(16(4)31-23(28)30-10-9-25)14(2)11-15(3)24(18,29)20(17)21(13)27/h5-6,11,13-14,16,18,21-22,25,27,29H,7-10,12H2,1-4H3/b15-11+/t13-,14?,16?,18?,21+,22?,24?/m0/s1. The summed E-state index contributed by atoms with van der Waals surface area (Å²) in [6, 6.07) is 0. The Kier molecular flexibility index (Phi) is 7.47. The van der Waals surface area contributed by atoms with Gasteiger partial charge in [-0.15, -0.1) is 0 Å². The number of hydrogen-bond acceptors (Lipinski definition) is 8. The van der Waals surface area contributed by atoms with Gasteiger partial charge in [-0.1, -0.05) is 32.1 Å². The molecule has 3 N–H and O–H groups in total. The van der Waals surface area contributed by atoms with Gasteiger partial charge >= 0.3 is 12.1 Å². The third kappa shape index (κ3) is 4.63. The molecule has 32 heavy (non-hydrogen) atoms. The maximum atomic E-state index is 12.6. The highest BCUT2D eigenvalue weighted by Crippen LogP contribution is 2.50. The van der Waals surface area contributed by atoms with Crippen LogP contribution in [-0.4, -0.2) is 64.6 Å². The Morgan fingerprint density at radius 3 is 2.78 bits per heavy atom. The number of rotatable bonds is 4. The number of hydrogen-bond donors (Lipinski definition) is 3. The lowest BCUT2D eigenvalue weighted by Gasteiger charge is -2.42. The third-order valence-electron chi connectivity index (χ3n) is 6.81. The molecule has 0 bridgehead atoms. The molecule has 0 saturated carbocycles. The summed E-state index contributed by atoms with van der Waals surface area (Å²) in [6.07, 6.45) is 3.52. The van der Waals surface area contributed by atoms with E-state index in [2.05, 4.69) is 0 Å². The Balaban J connectivity index is 1.93. The molecule has 178 valence electrons. The Morgan fingerprint density at radius 2 is 2.09 bits per heavy atom. The van der Waals surface area contributed by atoms with Gasteiger partial charge in [0.05, 0.1) is 12.7 Å². The van der Waals surface area contributed by atoms with Crippen molar-refractivity contribution in [1.82, 2.24) is 0 Å². The Morgan fingerprint density at radius 1 is 1.38 bits per heavy atom. The number of fused-ring (bicyclic) bond motifs is 2. The second-order valence-corrected chi connectivity index (χ2v) is 9.14. The average molecular weight is 451 g/mol. The van der Waals surface area contributed by atoms with Crippen LogP contribution in [-0.2, 0) is 19.0 Å². The molecule has 1 heterocycles. The Bertz CT molecular complexity index is 828. The van der Waals surface area contributed by atoms with Crippen molar-refractivity contribution in [2.45, 2.75) is 70.9 Å². The van der Waals surface area contributed by atoms with E-state index in [-0.39, 0.29) is 31.5 Å². The van der Waals surface area contributed by atoms with Gasteiger partial charge in [0.2, 0.25) is 0 Å². The zero-order chi connectivity index (χ0) is 23.6. The van der Waals surface area contributed by atoms with Gasteiger partial charge in [0, 0.05) is 18.3 Å². The van der Waals surface area contributed by atoms with Gasteiger partial charge in [0.15, 0.2) is 0 Å². The molecule has 0 spiro atoms. The monoisotopic (exact) mass is 450 g/mol. The molecule has 0 saturated heterocycles. The fourth-order valence-electron chi connectivity index (χ4n) is 5.17. The second-order valence-electron chi connectivity index (χ2n) is 9.14. The quantitative estimate of drug-likeness (QED) is 0.441. The highest BCUT2D eigenvalue weighted by Gasteiger charge is 2.50. The fourth-order valence-corrected chi connectivity index (χ4v) is 5.17. The van der Waals surface area contributed by atoms with Crippen molar-refractivity contribution in [3.05, 3.63) is 34.9 Å². The van der Waals surface area contributed by atoms with Gasteiger partial charge in [-0.05, 0) is 49.3 Å². The number of cyclic esters (lactones) is 1. The van der Waals surface area contributed by atoms with E-state index >= 15 is 0 Å². The Labute approximate surface area is 188 Å². The molecule has 0 aromatic rings. The zero-order valence-corrected chi connectivity index (χ0v) is 19.1. The molecule has 8 heteroatoms. The predicted molar refractivity (Wildman–Crippen MR) is 115 cm³/mol. The first-order valence-corrected chi connectivity index (χ1v) is 11.2. The van der Waals surface area contributed by atoms with E-state index in [0.717, 1.165) is 5.57 Å². The summed E-state index contributed by atoms with van der Waals surface area (Å²) >= 11 is 0. The molecule has 0 aromatic carbocycles. The number of allylic oxidation sites excluding steroid dienone is 2. The first kappa shape index (κ1) is 24.5. The number of carbonyl (C=O) groups excluding carboxylic acids is 2. The van der Waals surface area contributed by atoms with E-state index < -0.39 is 42.0 Å². The molecule has 8 nitrogen and oxygen atoms in total. The van der Waals surface area contributed by atoms with Crippen molar-refractivity contribution in [2.75, 3.05) is 13.2 Å². The van der Waals surface area contributed by atoms with Crippen LogP contribution in [0.15, 0.2) is 34.9 Å². The highest BCUT2D eigenvalue weighted by molar-refractivity contribution is 5.70. The van der Waals surface area contributed by atoms with E-state index in [4.69, 9.17) is 19.3 Å². The minimum absolute atomic E-state index is 0.00382. The van der Waals surface area contributed by atoms with Gasteiger partial charge in [0.1, 0.15) is 24.4 Å². The van der Waals surface area contributed by atoms with Gasteiger partial charge in [-0.25, -0.2) is 4.79 Å².